The molecule has 102 valence electrons. The summed E-state index contributed by atoms with van der Waals surface area (Å²) >= 11 is 0. The monoisotopic (exact) mass is 256 g/mol. The van der Waals surface area contributed by atoms with Gasteiger partial charge in [0.25, 0.3) is 5.91 Å². The van der Waals surface area contributed by atoms with Gasteiger partial charge in [0.2, 0.25) is 0 Å². The minimum absolute atomic E-state index is 0.0154. The van der Waals surface area contributed by atoms with Crippen LogP contribution in [0.25, 0.3) is 0 Å². The molecular weight excluding hydrogens is 236 g/mol. The molecule has 1 unspecified atom stereocenters. The summed E-state index contributed by atoms with van der Waals surface area (Å²) in [4.78, 5) is 27.9. The predicted molar refractivity (Wildman–Crippen MR) is 63.2 cm³/mol. The highest BCUT2D eigenvalue weighted by atomic mass is 16.7. The van der Waals surface area contributed by atoms with Crippen LogP contribution in [0.4, 0.5) is 0 Å². The maximum absolute atomic E-state index is 11.5. The third-order valence-corrected chi connectivity index (χ3v) is 3.56. The van der Waals surface area contributed by atoms with E-state index in [4.69, 9.17) is 15.3 Å². The lowest BCUT2D eigenvalue weighted by Gasteiger charge is -2.41. The summed E-state index contributed by atoms with van der Waals surface area (Å²) in [7, 11) is 0. The molecule has 0 aromatic rings. The van der Waals surface area contributed by atoms with Crippen LogP contribution >= 0.6 is 0 Å². The van der Waals surface area contributed by atoms with Crippen LogP contribution < -0.4 is 5.73 Å². The summed E-state index contributed by atoms with van der Waals surface area (Å²) < 4.78 is 5.27. The zero-order valence-electron chi connectivity index (χ0n) is 10.6. The van der Waals surface area contributed by atoms with Crippen LogP contribution in [0.2, 0.25) is 0 Å². The van der Waals surface area contributed by atoms with Crippen molar-refractivity contribution in [1.82, 2.24) is 5.06 Å². The number of carbonyl (C=O) groups excluding carboxylic acids is 2. The Labute approximate surface area is 106 Å². The molecule has 2 atom stereocenters. The summed E-state index contributed by atoms with van der Waals surface area (Å²) in [6.07, 6.45) is 5.29. The van der Waals surface area contributed by atoms with E-state index in [9.17, 15) is 9.59 Å². The number of ether oxygens (including phenoxy) is 1. The number of nitrogens with two attached hydrogens (primary N) is 1. The smallest absolute Gasteiger partial charge is 0.335 e. The average molecular weight is 256 g/mol. The molecule has 0 bridgehead atoms. The second kappa shape index (κ2) is 5.67. The highest BCUT2D eigenvalue weighted by Gasteiger charge is 2.43. The number of hydrogen-bond acceptors (Lipinski definition) is 5. The van der Waals surface area contributed by atoms with Gasteiger partial charge < -0.3 is 10.5 Å². The zero-order chi connectivity index (χ0) is 13.1. The van der Waals surface area contributed by atoms with Crippen molar-refractivity contribution in [3.05, 3.63) is 0 Å². The van der Waals surface area contributed by atoms with Crippen LogP contribution in [0.5, 0.6) is 0 Å². The van der Waals surface area contributed by atoms with Crippen molar-refractivity contribution in [2.45, 2.75) is 57.2 Å². The molecule has 1 saturated carbocycles. The normalized spacial score (nSPS) is 29.0. The van der Waals surface area contributed by atoms with Crippen LogP contribution in [0.1, 0.15) is 39.0 Å². The topological polar surface area (TPSA) is 81.9 Å². The number of carbonyl (C=O) groups is 2. The second-order valence-electron chi connectivity index (χ2n) is 4.95. The summed E-state index contributed by atoms with van der Waals surface area (Å²) in [5.74, 6) is -0.699. The Morgan fingerprint density at radius 3 is 2.67 bits per heavy atom. The molecule has 1 saturated heterocycles. The number of amides is 1. The number of hydroxylamine groups is 2. The lowest BCUT2D eigenvalue weighted by Crippen LogP contribution is -2.67. The largest absolute Gasteiger partial charge is 0.461 e. The fourth-order valence-corrected chi connectivity index (χ4v) is 2.32. The van der Waals surface area contributed by atoms with Crippen LogP contribution in [-0.2, 0) is 19.2 Å². The van der Waals surface area contributed by atoms with E-state index in [0.717, 1.165) is 30.7 Å². The van der Waals surface area contributed by atoms with Gasteiger partial charge in [0, 0.05) is 0 Å². The van der Waals surface area contributed by atoms with Gasteiger partial charge in [-0.3, -0.25) is 9.63 Å². The summed E-state index contributed by atoms with van der Waals surface area (Å²) in [6.45, 7) is 1.55. The van der Waals surface area contributed by atoms with E-state index in [1.165, 1.54) is 6.42 Å². The van der Waals surface area contributed by atoms with E-state index in [1.54, 1.807) is 6.92 Å². The third kappa shape index (κ3) is 2.81. The van der Waals surface area contributed by atoms with Gasteiger partial charge in [0.05, 0.1) is 6.04 Å². The number of β-lactam (4-membered cyclic amide) rings is 1. The van der Waals surface area contributed by atoms with E-state index in [-0.39, 0.29) is 24.7 Å². The fourth-order valence-electron chi connectivity index (χ4n) is 2.32. The van der Waals surface area contributed by atoms with Crippen molar-refractivity contribution >= 4 is 11.9 Å². The lowest BCUT2D eigenvalue weighted by molar-refractivity contribution is -0.233. The van der Waals surface area contributed by atoms with Gasteiger partial charge in [-0.1, -0.05) is 6.42 Å². The molecule has 0 aromatic carbocycles. The Bertz CT molecular complexity index is 328. The van der Waals surface area contributed by atoms with Gasteiger partial charge in [-0.2, -0.15) is 0 Å². The molecule has 2 N–H and O–H groups in total. The van der Waals surface area contributed by atoms with Crippen molar-refractivity contribution in [1.29, 1.82) is 0 Å². The molecule has 6 heteroatoms. The van der Waals surface area contributed by atoms with E-state index in [2.05, 4.69) is 0 Å². The first-order valence-corrected chi connectivity index (χ1v) is 6.50. The summed E-state index contributed by atoms with van der Waals surface area (Å²) in [5, 5.41) is 1.15. The molecule has 18 heavy (non-hydrogen) atoms. The molecule has 1 amide bonds. The van der Waals surface area contributed by atoms with Crippen molar-refractivity contribution < 1.29 is 19.2 Å². The molecule has 0 radical (unpaired) electrons. The molecule has 1 aliphatic carbocycles. The first-order chi connectivity index (χ1) is 8.59. The summed E-state index contributed by atoms with van der Waals surface area (Å²) in [5.41, 5.74) is 5.52. The molecule has 0 spiro atoms. The molecule has 6 nitrogen and oxygen atoms in total. The molecule has 1 heterocycles. The first kappa shape index (κ1) is 13.3. The lowest BCUT2D eigenvalue weighted by atomic mass is 9.98. The quantitative estimate of drug-likeness (QED) is 0.580. The predicted octanol–water partition coefficient (Wildman–Crippen LogP) is 0.352. The number of rotatable bonds is 4. The molecular formula is C12H20N2O4. The van der Waals surface area contributed by atoms with E-state index in [0.29, 0.717) is 0 Å². The minimum Gasteiger partial charge on any atom is -0.461 e. The van der Waals surface area contributed by atoms with Gasteiger partial charge in [-0.25, -0.2) is 9.86 Å². The number of hydrogen-bond donors (Lipinski definition) is 1. The second-order valence-corrected chi connectivity index (χ2v) is 4.95. The minimum atomic E-state index is -0.514. The fraction of sp³-hybridized carbons (Fsp3) is 0.833. The van der Waals surface area contributed by atoms with E-state index in [1.807, 2.05) is 0 Å². The van der Waals surface area contributed by atoms with Crippen molar-refractivity contribution in [3.8, 4) is 0 Å². The Balaban J connectivity index is 1.67. The van der Waals surface area contributed by atoms with Gasteiger partial charge in [-0.05, 0) is 32.6 Å². The van der Waals surface area contributed by atoms with Gasteiger partial charge in [-0.15, -0.1) is 0 Å². The molecule has 2 fully saturated rings. The highest BCUT2D eigenvalue weighted by molar-refractivity contribution is 5.88. The van der Waals surface area contributed by atoms with E-state index >= 15 is 0 Å². The zero-order valence-corrected chi connectivity index (χ0v) is 10.6. The summed E-state index contributed by atoms with van der Waals surface area (Å²) in [6, 6.07) is -0.695. The van der Waals surface area contributed by atoms with Crippen molar-refractivity contribution in [3.63, 3.8) is 0 Å². The van der Waals surface area contributed by atoms with Gasteiger partial charge in [0.15, 0.2) is 6.61 Å². The van der Waals surface area contributed by atoms with E-state index < -0.39 is 12.0 Å². The standard InChI is InChI=1S/C12H20N2O4/c1-8-11(13)12(16)14(8)17-7-10(15)18-9-5-3-2-4-6-9/h8-9,11H,2-7,13H2,1H3/t8?,11-/m0/s1. The first-order valence-electron chi connectivity index (χ1n) is 6.50. The van der Waals surface area contributed by atoms with Crippen molar-refractivity contribution in [2.75, 3.05) is 6.61 Å². The highest BCUT2D eigenvalue weighted by Crippen LogP contribution is 2.21. The van der Waals surface area contributed by atoms with Crippen LogP contribution in [0.3, 0.4) is 0 Å². The van der Waals surface area contributed by atoms with Gasteiger partial charge in [0.1, 0.15) is 12.1 Å². The van der Waals surface area contributed by atoms with Crippen molar-refractivity contribution in [2.24, 2.45) is 5.73 Å². The third-order valence-electron chi connectivity index (χ3n) is 3.56. The van der Waals surface area contributed by atoms with Crippen LogP contribution in [0, 0.1) is 0 Å². The Morgan fingerprint density at radius 1 is 1.39 bits per heavy atom. The molecule has 0 aromatic heterocycles. The maximum atomic E-state index is 11.5. The molecule has 1 aliphatic heterocycles. The average Bonchev–Trinajstić information content (AvgIpc) is 2.39. The Hall–Kier alpha value is -1.14. The maximum Gasteiger partial charge on any atom is 0.335 e. The molecule has 2 rings (SSSR count). The van der Waals surface area contributed by atoms with Gasteiger partial charge >= 0.3 is 5.97 Å². The Morgan fingerprint density at radius 2 is 2.06 bits per heavy atom. The number of nitrogens with zero attached hydrogens (tertiary/aromatic N) is 1. The SMILES string of the molecule is CC1[C@H](N)C(=O)N1OCC(=O)OC1CCCCC1. The Kier molecular flexibility index (Phi) is 4.19. The number of esters is 1. The van der Waals surface area contributed by atoms with Crippen LogP contribution in [0.15, 0.2) is 0 Å². The molecule has 2 aliphatic rings. The van der Waals surface area contributed by atoms with Crippen LogP contribution in [-0.4, -0.2) is 41.7 Å².